The van der Waals surface area contributed by atoms with Gasteiger partial charge in [-0.2, -0.15) is 0 Å². The van der Waals surface area contributed by atoms with E-state index in [1.54, 1.807) is 0 Å². The van der Waals surface area contributed by atoms with Crippen molar-refractivity contribution in [1.82, 2.24) is 0 Å². The van der Waals surface area contributed by atoms with E-state index < -0.39 is 0 Å². The minimum atomic E-state index is 0.171. The van der Waals surface area contributed by atoms with E-state index in [9.17, 15) is 0 Å². The summed E-state index contributed by atoms with van der Waals surface area (Å²) in [6, 6.07) is 6.14. The smallest absolute Gasteiger partial charge is 0.134 e. The summed E-state index contributed by atoms with van der Waals surface area (Å²) in [6.45, 7) is 12.0. The Morgan fingerprint density at radius 3 is 2.56 bits per heavy atom. The fraction of sp³-hybridized carbons (Fsp3) is 0.333. The molecule has 0 spiro atoms. The summed E-state index contributed by atoms with van der Waals surface area (Å²) in [4.78, 5) is 0. The first-order valence-corrected chi connectivity index (χ1v) is 5.65. The van der Waals surface area contributed by atoms with Crippen LogP contribution in [0.5, 0.6) is 5.75 Å². The molecule has 1 nitrogen and oxygen atoms in total. The molecule has 0 aliphatic rings. The van der Waals surface area contributed by atoms with E-state index in [-0.39, 0.29) is 6.10 Å². The zero-order chi connectivity index (χ0) is 12.1. The van der Waals surface area contributed by atoms with Crippen LogP contribution < -0.4 is 4.74 Å². The van der Waals surface area contributed by atoms with Gasteiger partial charge in [-0.3, -0.25) is 0 Å². The van der Waals surface area contributed by atoms with Crippen molar-refractivity contribution in [3.05, 3.63) is 42.0 Å². The molecule has 0 aliphatic carbocycles. The Kier molecular flexibility index (Phi) is 4.36. The van der Waals surface area contributed by atoms with Gasteiger partial charge < -0.3 is 4.74 Å². The Balaban J connectivity index is 3.31. The number of ether oxygens (including phenoxy) is 1. The van der Waals surface area contributed by atoms with Gasteiger partial charge in [0.25, 0.3) is 0 Å². The van der Waals surface area contributed by atoms with Gasteiger partial charge in [0, 0.05) is 11.1 Å². The van der Waals surface area contributed by atoms with Crippen LogP contribution in [0.3, 0.4) is 0 Å². The molecule has 1 aromatic carbocycles. The van der Waals surface area contributed by atoms with Gasteiger partial charge in [0.2, 0.25) is 0 Å². The van der Waals surface area contributed by atoms with E-state index in [1.807, 2.05) is 39.0 Å². The number of para-hydroxylation sites is 1. The molecule has 0 radical (unpaired) electrons. The SMILES string of the molecule is C=Cc1cccc(/C(C)=C/C)c1OC(C)C. The molecule has 0 N–H and O–H groups in total. The maximum absolute atomic E-state index is 5.88. The third-order valence-electron chi connectivity index (χ3n) is 2.48. The number of allylic oxidation sites excluding steroid dienone is 2. The van der Waals surface area contributed by atoms with Crippen LogP contribution in [0.2, 0.25) is 0 Å². The molecule has 0 saturated carbocycles. The summed E-state index contributed by atoms with van der Waals surface area (Å²) in [5.41, 5.74) is 3.42. The largest absolute Gasteiger partial charge is 0.490 e. The maximum Gasteiger partial charge on any atom is 0.134 e. The van der Waals surface area contributed by atoms with E-state index in [0.29, 0.717) is 0 Å². The molecule has 1 rings (SSSR count). The van der Waals surface area contributed by atoms with Crippen LogP contribution in [0.4, 0.5) is 0 Å². The molecule has 0 saturated heterocycles. The molecular weight excluding hydrogens is 196 g/mol. The molecule has 16 heavy (non-hydrogen) atoms. The van der Waals surface area contributed by atoms with Crippen LogP contribution in [0, 0.1) is 0 Å². The van der Waals surface area contributed by atoms with Gasteiger partial charge in [-0.1, -0.05) is 36.9 Å². The minimum Gasteiger partial charge on any atom is -0.490 e. The van der Waals surface area contributed by atoms with Crippen LogP contribution in [0.25, 0.3) is 11.6 Å². The fourth-order valence-electron chi connectivity index (χ4n) is 1.55. The van der Waals surface area contributed by atoms with Crippen LogP contribution in [0.15, 0.2) is 30.9 Å². The minimum absolute atomic E-state index is 0.171. The van der Waals surface area contributed by atoms with Gasteiger partial charge in [0.05, 0.1) is 6.10 Å². The third-order valence-corrected chi connectivity index (χ3v) is 2.48. The zero-order valence-electron chi connectivity index (χ0n) is 10.6. The van der Waals surface area contributed by atoms with Crippen LogP contribution >= 0.6 is 0 Å². The van der Waals surface area contributed by atoms with Crippen molar-refractivity contribution in [2.75, 3.05) is 0 Å². The average Bonchev–Trinajstić information content (AvgIpc) is 2.27. The van der Waals surface area contributed by atoms with Gasteiger partial charge in [-0.15, -0.1) is 0 Å². The highest BCUT2D eigenvalue weighted by molar-refractivity contribution is 5.73. The number of hydrogen-bond acceptors (Lipinski definition) is 1. The average molecular weight is 216 g/mol. The van der Waals surface area contributed by atoms with Gasteiger partial charge in [0.15, 0.2) is 0 Å². The highest BCUT2D eigenvalue weighted by Gasteiger charge is 2.10. The second kappa shape index (κ2) is 5.55. The highest BCUT2D eigenvalue weighted by Crippen LogP contribution is 2.31. The van der Waals surface area contributed by atoms with Crippen molar-refractivity contribution in [2.45, 2.75) is 33.8 Å². The molecule has 1 aromatic rings. The third kappa shape index (κ3) is 2.75. The predicted molar refractivity (Wildman–Crippen MR) is 71.6 cm³/mol. The van der Waals surface area contributed by atoms with Crippen molar-refractivity contribution in [1.29, 1.82) is 0 Å². The van der Waals surface area contributed by atoms with E-state index in [2.05, 4.69) is 25.6 Å². The van der Waals surface area contributed by atoms with Crippen LogP contribution in [-0.4, -0.2) is 6.10 Å². The molecule has 0 atom stereocenters. The Morgan fingerprint density at radius 1 is 1.38 bits per heavy atom. The summed E-state index contributed by atoms with van der Waals surface area (Å²) in [5, 5.41) is 0. The topological polar surface area (TPSA) is 9.23 Å². The lowest BCUT2D eigenvalue weighted by molar-refractivity contribution is 0.241. The standard InChI is InChI=1S/C15H20O/c1-6-12(5)14-10-8-9-13(7-2)15(14)16-11(3)4/h6-11H,2H2,1,3-5H3/b12-6+. The normalized spacial score (nSPS) is 11.7. The molecular formula is C15H20O. The second-order valence-corrected chi connectivity index (χ2v) is 4.07. The molecule has 0 amide bonds. The van der Waals surface area contributed by atoms with Gasteiger partial charge in [0.1, 0.15) is 5.75 Å². The summed E-state index contributed by atoms with van der Waals surface area (Å²) in [6.07, 6.45) is 4.10. The first kappa shape index (κ1) is 12.6. The van der Waals surface area contributed by atoms with Gasteiger partial charge in [-0.25, -0.2) is 0 Å². The number of hydrogen-bond donors (Lipinski definition) is 0. The molecule has 1 heteroatoms. The predicted octanol–water partition coefficient (Wildman–Crippen LogP) is 4.54. The van der Waals surface area contributed by atoms with Gasteiger partial charge in [-0.05, 0) is 33.3 Å². The molecule has 0 fully saturated rings. The van der Waals surface area contributed by atoms with E-state index >= 15 is 0 Å². The summed E-state index contributed by atoms with van der Waals surface area (Å²) in [5.74, 6) is 0.933. The zero-order valence-corrected chi connectivity index (χ0v) is 10.6. The molecule has 0 bridgehead atoms. The Morgan fingerprint density at radius 2 is 2.06 bits per heavy atom. The monoisotopic (exact) mass is 216 g/mol. The lowest BCUT2D eigenvalue weighted by Gasteiger charge is -2.17. The van der Waals surface area contributed by atoms with Crippen molar-refractivity contribution in [3.63, 3.8) is 0 Å². The lowest BCUT2D eigenvalue weighted by atomic mass is 10.0. The second-order valence-electron chi connectivity index (χ2n) is 4.07. The first-order valence-electron chi connectivity index (χ1n) is 5.65. The maximum atomic E-state index is 5.88. The van der Waals surface area contributed by atoms with E-state index in [0.717, 1.165) is 16.9 Å². The number of benzene rings is 1. The first-order chi connectivity index (χ1) is 7.60. The molecule has 0 aromatic heterocycles. The quantitative estimate of drug-likeness (QED) is 0.718. The summed E-state index contributed by atoms with van der Waals surface area (Å²) in [7, 11) is 0. The van der Waals surface area contributed by atoms with Crippen molar-refractivity contribution < 1.29 is 4.74 Å². The van der Waals surface area contributed by atoms with Crippen molar-refractivity contribution >= 4 is 11.6 Å². The van der Waals surface area contributed by atoms with Gasteiger partial charge >= 0.3 is 0 Å². The van der Waals surface area contributed by atoms with E-state index in [1.165, 1.54) is 5.57 Å². The Labute approximate surface area is 98.5 Å². The number of rotatable bonds is 4. The lowest BCUT2D eigenvalue weighted by Crippen LogP contribution is -2.08. The van der Waals surface area contributed by atoms with Crippen molar-refractivity contribution in [2.24, 2.45) is 0 Å². The van der Waals surface area contributed by atoms with Crippen LogP contribution in [0.1, 0.15) is 38.8 Å². The summed E-state index contributed by atoms with van der Waals surface area (Å²) < 4.78 is 5.88. The Bertz CT molecular complexity index is 400. The molecule has 0 aliphatic heterocycles. The Hall–Kier alpha value is -1.50. The highest BCUT2D eigenvalue weighted by atomic mass is 16.5. The fourth-order valence-corrected chi connectivity index (χ4v) is 1.55. The molecule has 0 unspecified atom stereocenters. The van der Waals surface area contributed by atoms with Crippen LogP contribution in [-0.2, 0) is 0 Å². The van der Waals surface area contributed by atoms with E-state index in [4.69, 9.17) is 4.74 Å². The molecule has 86 valence electrons. The van der Waals surface area contributed by atoms with Crippen molar-refractivity contribution in [3.8, 4) is 5.75 Å². The molecule has 0 heterocycles. The summed E-state index contributed by atoms with van der Waals surface area (Å²) >= 11 is 0.